The lowest BCUT2D eigenvalue weighted by Gasteiger charge is -2.28. The Labute approximate surface area is 94.7 Å². The third-order valence-electron chi connectivity index (χ3n) is 2.71. The normalized spacial score (nSPS) is 20.1. The number of aryl methyl sites for hydroxylation is 1. The van der Waals surface area contributed by atoms with Gasteiger partial charge in [-0.2, -0.15) is 0 Å². The second-order valence-electron chi connectivity index (χ2n) is 4.02. The van der Waals surface area contributed by atoms with Crippen molar-refractivity contribution < 1.29 is 0 Å². The van der Waals surface area contributed by atoms with Crippen LogP contribution in [0.3, 0.4) is 0 Å². The second kappa shape index (κ2) is 4.65. The summed E-state index contributed by atoms with van der Waals surface area (Å²) in [5.41, 5.74) is 1.46. The molecule has 1 aromatic rings. The second-order valence-corrected chi connectivity index (χ2v) is 5.75. The molecule has 0 bridgehead atoms. The lowest BCUT2D eigenvalue weighted by Crippen LogP contribution is -2.33. The summed E-state index contributed by atoms with van der Waals surface area (Å²) in [6.45, 7) is 5.58. The lowest BCUT2D eigenvalue weighted by molar-refractivity contribution is 0.223. The van der Waals surface area contributed by atoms with E-state index in [4.69, 9.17) is 11.6 Å². The molecule has 0 spiro atoms. The van der Waals surface area contributed by atoms with Gasteiger partial charge in [0.05, 0.1) is 0 Å². The van der Waals surface area contributed by atoms with Crippen LogP contribution in [-0.4, -0.2) is 23.4 Å². The van der Waals surface area contributed by atoms with Gasteiger partial charge in [-0.25, -0.2) is 0 Å². The van der Waals surface area contributed by atoms with E-state index in [1.165, 1.54) is 10.4 Å². The summed E-state index contributed by atoms with van der Waals surface area (Å²) < 4.78 is 0. The predicted molar refractivity (Wildman–Crippen MR) is 63.2 cm³/mol. The number of rotatable bonds is 2. The van der Waals surface area contributed by atoms with E-state index in [0.717, 1.165) is 32.5 Å². The molecule has 0 aliphatic carbocycles. The van der Waals surface area contributed by atoms with E-state index in [-0.39, 0.29) is 0 Å². The Balaban J connectivity index is 1.86. The molecule has 0 saturated carbocycles. The van der Waals surface area contributed by atoms with Gasteiger partial charge in [0.1, 0.15) is 0 Å². The summed E-state index contributed by atoms with van der Waals surface area (Å²) in [5.74, 6) is 0. The fourth-order valence-corrected chi connectivity index (χ4v) is 2.79. The molecule has 0 unspecified atom stereocenters. The molecule has 3 heteroatoms. The smallest absolute Gasteiger partial charge is 0.0360 e. The highest BCUT2D eigenvalue weighted by Gasteiger charge is 2.17. The fourth-order valence-electron chi connectivity index (χ4n) is 1.90. The number of piperidine rings is 1. The molecule has 1 aliphatic heterocycles. The van der Waals surface area contributed by atoms with Crippen molar-refractivity contribution >= 4 is 22.9 Å². The number of thiophene rings is 1. The number of alkyl halides is 1. The topological polar surface area (TPSA) is 3.24 Å². The molecule has 2 rings (SSSR count). The van der Waals surface area contributed by atoms with Crippen LogP contribution < -0.4 is 0 Å². The monoisotopic (exact) mass is 229 g/mol. The standard InChI is InChI=1S/C11H16ClNS/c1-9-6-10(8-14-9)7-13-4-2-11(12)3-5-13/h6,8,11H,2-5,7H2,1H3. The third kappa shape index (κ3) is 2.72. The van der Waals surface area contributed by atoms with Crippen LogP contribution in [0.2, 0.25) is 0 Å². The van der Waals surface area contributed by atoms with Gasteiger partial charge in [0.2, 0.25) is 0 Å². The van der Waals surface area contributed by atoms with Crippen molar-refractivity contribution in [3.63, 3.8) is 0 Å². The zero-order valence-electron chi connectivity index (χ0n) is 8.50. The summed E-state index contributed by atoms with van der Waals surface area (Å²) in [4.78, 5) is 3.91. The molecule has 0 atom stereocenters. The van der Waals surface area contributed by atoms with Crippen LogP contribution in [0.15, 0.2) is 11.4 Å². The predicted octanol–water partition coefficient (Wildman–Crippen LogP) is 3.26. The quantitative estimate of drug-likeness (QED) is 0.704. The highest BCUT2D eigenvalue weighted by molar-refractivity contribution is 7.10. The molecule has 0 aromatic carbocycles. The summed E-state index contributed by atoms with van der Waals surface area (Å²) in [6, 6.07) is 2.29. The molecule has 1 aliphatic rings. The van der Waals surface area contributed by atoms with E-state index in [0.29, 0.717) is 5.38 Å². The Kier molecular flexibility index (Phi) is 3.47. The van der Waals surface area contributed by atoms with Crippen molar-refractivity contribution in [2.75, 3.05) is 13.1 Å². The summed E-state index contributed by atoms with van der Waals surface area (Å²) in [6.07, 6.45) is 2.29. The zero-order chi connectivity index (χ0) is 9.97. The van der Waals surface area contributed by atoms with Crippen LogP contribution >= 0.6 is 22.9 Å². The number of likely N-dealkylation sites (tertiary alicyclic amines) is 1. The van der Waals surface area contributed by atoms with Crippen LogP contribution in [0.4, 0.5) is 0 Å². The van der Waals surface area contributed by atoms with Crippen molar-refractivity contribution in [3.8, 4) is 0 Å². The molecule has 1 saturated heterocycles. The zero-order valence-corrected chi connectivity index (χ0v) is 10.1. The van der Waals surface area contributed by atoms with Crippen molar-refractivity contribution in [1.82, 2.24) is 4.90 Å². The van der Waals surface area contributed by atoms with Crippen LogP contribution in [-0.2, 0) is 6.54 Å². The molecule has 0 N–H and O–H groups in total. The molecule has 0 amide bonds. The van der Waals surface area contributed by atoms with Gasteiger partial charge >= 0.3 is 0 Å². The van der Waals surface area contributed by atoms with Crippen molar-refractivity contribution in [2.45, 2.75) is 31.7 Å². The molecule has 14 heavy (non-hydrogen) atoms. The van der Waals surface area contributed by atoms with Gasteiger partial charge in [-0.15, -0.1) is 22.9 Å². The van der Waals surface area contributed by atoms with Gasteiger partial charge in [-0.3, -0.25) is 4.90 Å². The van der Waals surface area contributed by atoms with E-state index < -0.39 is 0 Å². The largest absolute Gasteiger partial charge is 0.299 e. The van der Waals surface area contributed by atoms with Gasteiger partial charge in [0.15, 0.2) is 0 Å². The van der Waals surface area contributed by atoms with Gasteiger partial charge < -0.3 is 0 Å². The van der Waals surface area contributed by atoms with Crippen molar-refractivity contribution in [1.29, 1.82) is 0 Å². The summed E-state index contributed by atoms with van der Waals surface area (Å²) in [5, 5.41) is 2.68. The Morgan fingerprint density at radius 2 is 2.21 bits per heavy atom. The summed E-state index contributed by atoms with van der Waals surface area (Å²) in [7, 11) is 0. The Morgan fingerprint density at radius 3 is 2.79 bits per heavy atom. The first kappa shape index (κ1) is 10.5. The number of hydrogen-bond donors (Lipinski definition) is 0. The van der Waals surface area contributed by atoms with Crippen LogP contribution in [0.5, 0.6) is 0 Å². The minimum atomic E-state index is 0.412. The highest BCUT2D eigenvalue weighted by atomic mass is 35.5. The Morgan fingerprint density at radius 1 is 1.50 bits per heavy atom. The Hall–Kier alpha value is -0.0500. The molecule has 1 aromatic heterocycles. The highest BCUT2D eigenvalue weighted by Crippen LogP contribution is 2.20. The SMILES string of the molecule is Cc1cc(CN2CCC(Cl)CC2)cs1. The van der Waals surface area contributed by atoms with Crippen LogP contribution in [0.25, 0.3) is 0 Å². The van der Waals surface area contributed by atoms with E-state index >= 15 is 0 Å². The van der Waals surface area contributed by atoms with Crippen LogP contribution in [0.1, 0.15) is 23.3 Å². The molecule has 2 heterocycles. The maximum atomic E-state index is 6.06. The van der Waals surface area contributed by atoms with Crippen molar-refractivity contribution in [3.05, 3.63) is 21.9 Å². The Bertz CT molecular complexity index is 289. The molecular formula is C11H16ClNS. The van der Waals surface area contributed by atoms with E-state index in [2.05, 4.69) is 23.3 Å². The first-order chi connectivity index (χ1) is 6.74. The van der Waals surface area contributed by atoms with E-state index in [1.807, 2.05) is 11.3 Å². The van der Waals surface area contributed by atoms with Gasteiger partial charge in [0.25, 0.3) is 0 Å². The lowest BCUT2D eigenvalue weighted by atomic mass is 10.1. The third-order valence-corrected chi connectivity index (χ3v) is 4.05. The van der Waals surface area contributed by atoms with Crippen LogP contribution in [0, 0.1) is 6.92 Å². The number of nitrogens with zero attached hydrogens (tertiary/aromatic N) is 1. The molecule has 0 radical (unpaired) electrons. The van der Waals surface area contributed by atoms with Gasteiger partial charge in [0, 0.05) is 16.8 Å². The maximum Gasteiger partial charge on any atom is 0.0360 e. The molecular weight excluding hydrogens is 214 g/mol. The average molecular weight is 230 g/mol. The molecule has 78 valence electrons. The minimum absolute atomic E-state index is 0.412. The first-order valence-electron chi connectivity index (χ1n) is 5.14. The fraction of sp³-hybridized carbons (Fsp3) is 0.636. The van der Waals surface area contributed by atoms with Gasteiger partial charge in [-0.05, 0) is 49.9 Å². The van der Waals surface area contributed by atoms with Gasteiger partial charge in [-0.1, -0.05) is 0 Å². The molecule has 1 fully saturated rings. The maximum absolute atomic E-state index is 6.06. The average Bonchev–Trinajstić information content (AvgIpc) is 2.56. The molecule has 1 nitrogen and oxygen atoms in total. The van der Waals surface area contributed by atoms with E-state index in [1.54, 1.807) is 0 Å². The van der Waals surface area contributed by atoms with Crippen molar-refractivity contribution in [2.24, 2.45) is 0 Å². The van der Waals surface area contributed by atoms with E-state index in [9.17, 15) is 0 Å². The number of halogens is 1. The number of hydrogen-bond acceptors (Lipinski definition) is 2. The minimum Gasteiger partial charge on any atom is -0.299 e. The first-order valence-corrected chi connectivity index (χ1v) is 6.46. The summed E-state index contributed by atoms with van der Waals surface area (Å²) >= 11 is 7.91.